The van der Waals surface area contributed by atoms with Gasteiger partial charge in [0.15, 0.2) is 23.8 Å². The van der Waals surface area contributed by atoms with E-state index in [0.29, 0.717) is 5.92 Å². The molecule has 2 bridgehead atoms. The highest BCUT2D eigenvalue weighted by Gasteiger charge is 2.81. The van der Waals surface area contributed by atoms with Crippen molar-refractivity contribution in [2.45, 2.75) is 16.4 Å². The summed E-state index contributed by atoms with van der Waals surface area (Å²) in [5.41, 5.74) is 0.865. The lowest BCUT2D eigenvalue weighted by Crippen LogP contribution is -2.67. The van der Waals surface area contributed by atoms with E-state index in [1.165, 1.54) is 0 Å². The van der Waals surface area contributed by atoms with Crippen molar-refractivity contribution in [3.8, 4) is 0 Å². The third-order valence-electron chi connectivity index (χ3n) is 6.55. The molecule has 1 aromatic carbocycles. The Balaban J connectivity index is 1.80. The van der Waals surface area contributed by atoms with Gasteiger partial charge in [-0.15, -0.1) is 0 Å². The van der Waals surface area contributed by atoms with E-state index in [-0.39, 0.29) is 29.3 Å². The van der Waals surface area contributed by atoms with Crippen LogP contribution in [0.1, 0.15) is 17.9 Å². The molecule has 4 aliphatic rings. The summed E-state index contributed by atoms with van der Waals surface area (Å²) in [6, 6.07) is 9.40. The van der Waals surface area contributed by atoms with Crippen LogP contribution in [0.3, 0.4) is 0 Å². The number of sulfone groups is 2. The monoisotopic (exact) mass is 350 g/mol. The molecule has 4 nitrogen and oxygen atoms in total. The molecule has 1 aliphatic heterocycles. The summed E-state index contributed by atoms with van der Waals surface area (Å²) < 4.78 is 50.4. The van der Waals surface area contributed by atoms with Gasteiger partial charge in [0.25, 0.3) is 0 Å². The first-order valence-electron chi connectivity index (χ1n) is 8.08. The molecule has 2 saturated carbocycles. The minimum Gasteiger partial charge on any atom is -0.227 e. The Morgan fingerprint density at radius 2 is 1.48 bits per heavy atom. The lowest BCUT2D eigenvalue weighted by Gasteiger charge is -2.58. The zero-order valence-corrected chi connectivity index (χ0v) is 14.1. The fourth-order valence-corrected chi connectivity index (χ4v) is 13.2. The van der Waals surface area contributed by atoms with E-state index in [1.807, 2.05) is 30.3 Å². The van der Waals surface area contributed by atoms with Gasteiger partial charge in [-0.1, -0.05) is 42.5 Å². The van der Waals surface area contributed by atoms with Crippen molar-refractivity contribution in [1.29, 1.82) is 0 Å². The summed E-state index contributed by atoms with van der Waals surface area (Å²) in [6.45, 7) is 0. The van der Waals surface area contributed by atoms with Crippen molar-refractivity contribution >= 4 is 19.7 Å². The van der Waals surface area contributed by atoms with E-state index in [4.69, 9.17) is 0 Å². The van der Waals surface area contributed by atoms with E-state index < -0.39 is 29.7 Å². The molecule has 23 heavy (non-hydrogen) atoms. The highest BCUT2D eigenvalue weighted by molar-refractivity contribution is 8.13. The summed E-state index contributed by atoms with van der Waals surface area (Å²) in [5, 5.41) is 0. The minimum atomic E-state index is -3.65. The predicted octanol–water partition coefficient (Wildman–Crippen LogP) is 1.76. The lowest BCUT2D eigenvalue weighted by molar-refractivity contribution is 0.0987. The van der Waals surface area contributed by atoms with Crippen LogP contribution < -0.4 is 0 Å². The van der Waals surface area contributed by atoms with Gasteiger partial charge in [0.2, 0.25) is 0 Å². The van der Waals surface area contributed by atoms with Crippen LogP contribution >= 0.6 is 0 Å². The lowest BCUT2D eigenvalue weighted by atomic mass is 9.57. The van der Waals surface area contributed by atoms with Crippen molar-refractivity contribution in [2.75, 3.05) is 11.5 Å². The topological polar surface area (TPSA) is 68.3 Å². The second-order valence-electron chi connectivity index (χ2n) is 7.30. The molecule has 122 valence electrons. The Morgan fingerprint density at radius 3 is 2.13 bits per heavy atom. The number of rotatable bonds is 1. The highest BCUT2D eigenvalue weighted by Crippen LogP contribution is 2.74. The van der Waals surface area contributed by atoms with Gasteiger partial charge in [-0.05, 0) is 29.7 Å². The van der Waals surface area contributed by atoms with E-state index >= 15 is 0 Å². The first-order chi connectivity index (χ1) is 10.9. The van der Waals surface area contributed by atoms with E-state index in [9.17, 15) is 16.8 Å². The number of hydrogen-bond donors (Lipinski definition) is 0. The van der Waals surface area contributed by atoms with Gasteiger partial charge in [-0.25, -0.2) is 16.8 Å². The van der Waals surface area contributed by atoms with Crippen molar-refractivity contribution in [2.24, 2.45) is 23.7 Å². The molecule has 1 spiro atoms. The predicted molar refractivity (Wildman–Crippen MR) is 87.2 cm³/mol. The van der Waals surface area contributed by atoms with Gasteiger partial charge < -0.3 is 0 Å². The number of hydrogen-bond acceptors (Lipinski definition) is 4. The van der Waals surface area contributed by atoms with Crippen LogP contribution in [0.15, 0.2) is 42.5 Å². The number of allylic oxidation sites excluding steroid dienone is 2. The van der Waals surface area contributed by atoms with Crippen LogP contribution in [0.4, 0.5) is 0 Å². The van der Waals surface area contributed by atoms with E-state index in [2.05, 4.69) is 12.2 Å². The number of fused-ring (bicyclic) bond motifs is 6. The van der Waals surface area contributed by atoms with Crippen molar-refractivity contribution in [3.63, 3.8) is 0 Å². The maximum atomic E-state index is 13.0. The largest absolute Gasteiger partial charge is 0.227 e. The fourth-order valence-electron chi connectivity index (χ4n) is 5.89. The zero-order valence-electron chi connectivity index (χ0n) is 12.5. The summed E-state index contributed by atoms with van der Waals surface area (Å²) >= 11 is 0. The van der Waals surface area contributed by atoms with Gasteiger partial charge in [-0.2, -0.15) is 0 Å². The van der Waals surface area contributed by atoms with Crippen LogP contribution in [0.25, 0.3) is 0 Å². The third-order valence-corrected chi connectivity index (χ3v) is 12.8. The molecule has 0 radical (unpaired) electrons. The normalized spacial score (nSPS) is 43.4. The van der Waals surface area contributed by atoms with Gasteiger partial charge >= 0.3 is 0 Å². The van der Waals surface area contributed by atoms with Crippen LogP contribution in [0.5, 0.6) is 0 Å². The maximum Gasteiger partial charge on any atom is 0.184 e. The highest BCUT2D eigenvalue weighted by atomic mass is 32.3. The van der Waals surface area contributed by atoms with E-state index in [1.54, 1.807) is 0 Å². The summed E-state index contributed by atoms with van der Waals surface area (Å²) in [6.07, 6.45) is 5.13. The number of benzene rings is 1. The Morgan fingerprint density at radius 1 is 0.870 bits per heavy atom. The maximum absolute atomic E-state index is 13.0. The molecule has 1 heterocycles. The van der Waals surface area contributed by atoms with Gasteiger partial charge in [0.1, 0.15) is 0 Å². The molecule has 3 aliphatic carbocycles. The summed E-state index contributed by atoms with van der Waals surface area (Å²) in [7, 11) is -7.31. The van der Waals surface area contributed by atoms with Gasteiger partial charge in [0.05, 0.1) is 11.5 Å². The quantitative estimate of drug-likeness (QED) is 0.724. The Bertz CT molecular complexity index is 881. The van der Waals surface area contributed by atoms with Crippen LogP contribution in [-0.2, 0) is 19.7 Å². The molecule has 0 N–H and O–H groups in total. The fraction of sp³-hybridized carbons (Fsp3) is 0.529. The minimum absolute atomic E-state index is 0.104. The molecule has 3 fully saturated rings. The average Bonchev–Trinajstić information content (AvgIpc) is 3.09. The zero-order chi connectivity index (χ0) is 16.0. The third kappa shape index (κ3) is 1.40. The molecule has 0 aromatic heterocycles. The van der Waals surface area contributed by atoms with E-state index in [0.717, 1.165) is 12.0 Å². The molecule has 0 amide bonds. The van der Waals surface area contributed by atoms with Crippen molar-refractivity contribution in [1.82, 2.24) is 0 Å². The van der Waals surface area contributed by atoms with Crippen molar-refractivity contribution < 1.29 is 16.8 Å². The Labute approximate surface area is 136 Å². The molecule has 6 heteroatoms. The van der Waals surface area contributed by atoms with Gasteiger partial charge in [-0.3, -0.25) is 0 Å². The first kappa shape index (κ1) is 14.2. The SMILES string of the molecule is O=S1(=O)CCS(=O)(=O)C12[C@H]1[C@H]([C@@H]3C=C[C@H]1C3)[C@H]2c1ccccc1. The molecule has 1 saturated heterocycles. The Hall–Kier alpha value is -1.14. The second kappa shape index (κ2) is 4.09. The molecule has 5 rings (SSSR count). The van der Waals surface area contributed by atoms with Crippen LogP contribution in [0, 0.1) is 23.7 Å². The molecule has 1 aromatic rings. The second-order valence-corrected chi connectivity index (χ2v) is 12.2. The first-order valence-corrected chi connectivity index (χ1v) is 11.4. The van der Waals surface area contributed by atoms with Crippen molar-refractivity contribution in [3.05, 3.63) is 48.0 Å². The smallest absolute Gasteiger partial charge is 0.184 e. The molecular weight excluding hydrogens is 332 g/mol. The summed E-state index contributed by atoms with van der Waals surface area (Å²) in [4.78, 5) is 0. The average molecular weight is 350 g/mol. The standard InChI is InChI=1S/C17H18O4S2/c18-22(19)8-9-23(20,21)17(22)15(11-4-2-1-3-5-11)14-12-6-7-13(10-12)16(14)17/h1-7,12-16H,8-10H2/t12-,13+,14-,15-,16-/m1/s1. The Kier molecular flexibility index (Phi) is 2.53. The van der Waals surface area contributed by atoms with Gasteiger partial charge in [0, 0.05) is 11.8 Å². The molecule has 0 unspecified atom stereocenters. The van der Waals surface area contributed by atoms with Crippen LogP contribution in [-0.4, -0.2) is 32.4 Å². The molecular formula is C17H18O4S2. The van der Waals surface area contributed by atoms with Crippen LogP contribution in [0.2, 0.25) is 0 Å². The molecule has 5 atom stereocenters. The summed E-state index contributed by atoms with van der Waals surface area (Å²) in [5.74, 6) is -0.521.